The highest BCUT2D eigenvalue weighted by Crippen LogP contribution is 2.27. The van der Waals surface area contributed by atoms with E-state index in [0.717, 1.165) is 50.1 Å². The third-order valence-electron chi connectivity index (χ3n) is 4.50. The third kappa shape index (κ3) is 2.28. The van der Waals surface area contributed by atoms with E-state index in [1.54, 1.807) is 0 Å². The maximum absolute atomic E-state index is 5.56. The van der Waals surface area contributed by atoms with Gasteiger partial charge in [-0.1, -0.05) is 25.1 Å². The fourth-order valence-corrected chi connectivity index (χ4v) is 3.41. The molecule has 2 aromatic heterocycles. The van der Waals surface area contributed by atoms with Crippen LogP contribution in [0, 0.1) is 5.92 Å². The SMILES string of the molecule is CCCc1nc2cnc3ccccc3c2n1CC1CCOC1. The molecule has 3 heterocycles. The van der Waals surface area contributed by atoms with Crippen molar-refractivity contribution in [1.29, 1.82) is 0 Å². The molecule has 4 heteroatoms. The summed E-state index contributed by atoms with van der Waals surface area (Å²) in [5.74, 6) is 1.78. The van der Waals surface area contributed by atoms with E-state index in [1.165, 1.54) is 16.7 Å². The van der Waals surface area contributed by atoms with E-state index in [4.69, 9.17) is 9.72 Å². The van der Waals surface area contributed by atoms with Gasteiger partial charge in [-0.2, -0.15) is 0 Å². The van der Waals surface area contributed by atoms with E-state index in [-0.39, 0.29) is 0 Å². The van der Waals surface area contributed by atoms with Gasteiger partial charge in [0, 0.05) is 30.9 Å². The number of nitrogens with zero attached hydrogens (tertiary/aromatic N) is 3. The van der Waals surface area contributed by atoms with E-state index in [1.807, 2.05) is 12.3 Å². The highest BCUT2D eigenvalue weighted by Gasteiger charge is 2.20. The summed E-state index contributed by atoms with van der Waals surface area (Å²) >= 11 is 0. The van der Waals surface area contributed by atoms with Crippen molar-refractivity contribution in [3.8, 4) is 0 Å². The first-order valence-electron chi connectivity index (χ1n) is 8.17. The van der Waals surface area contributed by atoms with Crippen molar-refractivity contribution in [2.75, 3.05) is 13.2 Å². The quantitative estimate of drug-likeness (QED) is 0.738. The molecule has 1 atom stereocenters. The number of aromatic nitrogens is 3. The van der Waals surface area contributed by atoms with Gasteiger partial charge in [-0.05, 0) is 18.9 Å². The smallest absolute Gasteiger partial charge is 0.109 e. The van der Waals surface area contributed by atoms with Gasteiger partial charge in [-0.15, -0.1) is 0 Å². The lowest BCUT2D eigenvalue weighted by Gasteiger charge is -2.14. The number of para-hydroxylation sites is 1. The molecule has 1 saturated heterocycles. The summed E-state index contributed by atoms with van der Waals surface area (Å²) in [6.07, 6.45) is 5.18. The van der Waals surface area contributed by atoms with Gasteiger partial charge < -0.3 is 9.30 Å². The van der Waals surface area contributed by atoms with Gasteiger partial charge >= 0.3 is 0 Å². The van der Waals surface area contributed by atoms with Gasteiger partial charge in [0.1, 0.15) is 11.3 Å². The Hall–Kier alpha value is -1.94. The zero-order valence-electron chi connectivity index (χ0n) is 13.0. The van der Waals surface area contributed by atoms with Crippen molar-refractivity contribution in [2.45, 2.75) is 32.7 Å². The molecule has 0 N–H and O–H groups in total. The molecule has 0 aliphatic carbocycles. The van der Waals surface area contributed by atoms with E-state index in [0.29, 0.717) is 5.92 Å². The lowest BCUT2D eigenvalue weighted by molar-refractivity contribution is 0.182. The maximum atomic E-state index is 5.56. The number of imidazole rings is 1. The summed E-state index contributed by atoms with van der Waals surface area (Å²) in [5, 5.41) is 1.20. The standard InChI is InChI=1S/C18H21N3O/c1-2-5-17-20-16-10-19-15-7-4-3-6-14(15)18(16)21(17)11-13-8-9-22-12-13/h3-4,6-7,10,13H,2,5,8-9,11-12H2,1H3. The van der Waals surface area contributed by atoms with Crippen LogP contribution in [0.15, 0.2) is 30.5 Å². The Morgan fingerprint density at radius 1 is 1.27 bits per heavy atom. The third-order valence-corrected chi connectivity index (χ3v) is 4.50. The van der Waals surface area contributed by atoms with Gasteiger partial charge in [-0.3, -0.25) is 4.98 Å². The monoisotopic (exact) mass is 295 g/mol. The zero-order chi connectivity index (χ0) is 14.9. The van der Waals surface area contributed by atoms with Crippen LogP contribution in [0.5, 0.6) is 0 Å². The Bertz CT molecular complexity index is 803. The molecule has 1 aromatic carbocycles. The van der Waals surface area contributed by atoms with Crippen LogP contribution in [0.2, 0.25) is 0 Å². The number of fused-ring (bicyclic) bond motifs is 3. The Balaban J connectivity index is 1.91. The molecule has 1 unspecified atom stereocenters. The first-order chi connectivity index (χ1) is 10.9. The van der Waals surface area contributed by atoms with Crippen LogP contribution in [-0.4, -0.2) is 27.7 Å². The highest BCUT2D eigenvalue weighted by atomic mass is 16.5. The van der Waals surface area contributed by atoms with Crippen LogP contribution in [0.1, 0.15) is 25.6 Å². The van der Waals surface area contributed by atoms with Crippen molar-refractivity contribution >= 4 is 21.9 Å². The molecule has 0 amide bonds. The minimum atomic E-state index is 0.597. The molecule has 4 rings (SSSR count). The molecule has 1 fully saturated rings. The van der Waals surface area contributed by atoms with Gasteiger partial charge in [0.15, 0.2) is 0 Å². The van der Waals surface area contributed by atoms with Crippen molar-refractivity contribution < 1.29 is 4.74 Å². The maximum Gasteiger partial charge on any atom is 0.109 e. The molecule has 114 valence electrons. The summed E-state index contributed by atoms with van der Waals surface area (Å²) < 4.78 is 7.98. The lowest BCUT2D eigenvalue weighted by atomic mass is 10.1. The first kappa shape index (κ1) is 13.7. The van der Waals surface area contributed by atoms with Gasteiger partial charge in [0.25, 0.3) is 0 Å². The second kappa shape index (κ2) is 5.69. The largest absolute Gasteiger partial charge is 0.381 e. The van der Waals surface area contributed by atoms with Crippen molar-refractivity contribution in [3.63, 3.8) is 0 Å². The Labute approximate surface area is 130 Å². The average molecular weight is 295 g/mol. The molecule has 4 nitrogen and oxygen atoms in total. The van der Waals surface area contributed by atoms with Crippen LogP contribution in [-0.2, 0) is 17.7 Å². The number of rotatable bonds is 4. The van der Waals surface area contributed by atoms with Crippen LogP contribution in [0.3, 0.4) is 0 Å². The molecule has 1 aliphatic heterocycles. The Morgan fingerprint density at radius 2 is 2.18 bits per heavy atom. The molecule has 0 saturated carbocycles. The molecule has 3 aromatic rings. The molecule has 1 aliphatic rings. The highest BCUT2D eigenvalue weighted by molar-refractivity contribution is 6.02. The molecular formula is C18H21N3O. The average Bonchev–Trinajstić information content (AvgIpc) is 3.17. The fraction of sp³-hybridized carbons (Fsp3) is 0.444. The van der Waals surface area contributed by atoms with Crippen LogP contribution >= 0.6 is 0 Å². The molecular weight excluding hydrogens is 274 g/mol. The topological polar surface area (TPSA) is 39.9 Å². The number of aryl methyl sites for hydroxylation is 1. The second-order valence-corrected chi connectivity index (χ2v) is 6.13. The minimum Gasteiger partial charge on any atom is -0.381 e. The fourth-order valence-electron chi connectivity index (χ4n) is 3.41. The normalized spacial score (nSPS) is 18.5. The predicted molar refractivity (Wildman–Crippen MR) is 88.0 cm³/mol. The summed E-state index contributed by atoms with van der Waals surface area (Å²) in [7, 11) is 0. The van der Waals surface area contributed by atoms with Crippen LogP contribution in [0.4, 0.5) is 0 Å². The molecule has 0 bridgehead atoms. The predicted octanol–water partition coefficient (Wildman–Crippen LogP) is 3.57. The molecule has 0 radical (unpaired) electrons. The second-order valence-electron chi connectivity index (χ2n) is 6.13. The van der Waals surface area contributed by atoms with E-state index < -0.39 is 0 Å². The van der Waals surface area contributed by atoms with Gasteiger partial charge in [-0.25, -0.2) is 4.98 Å². The Kier molecular flexibility index (Phi) is 3.54. The van der Waals surface area contributed by atoms with Crippen LogP contribution in [0.25, 0.3) is 21.9 Å². The van der Waals surface area contributed by atoms with Crippen molar-refractivity contribution in [1.82, 2.24) is 14.5 Å². The minimum absolute atomic E-state index is 0.597. The summed E-state index contributed by atoms with van der Waals surface area (Å²) in [5.41, 5.74) is 3.30. The van der Waals surface area contributed by atoms with E-state index >= 15 is 0 Å². The number of ether oxygens (including phenoxy) is 1. The number of hydrogen-bond donors (Lipinski definition) is 0. The summed E-state index contributed by atoms with van der Waals surface area (Å²) in [6.45, 7) is 4.97. The number of hydrogen-bond acceptors (Lipinski definition) is 3. The van der Waals surface area contributed by atoms with E-state index in [9.17, 15) is 0 Å². The Morgan fingerprint density at radius 3 is 3.00 bits per heavy atom. The number of benzene rings is 1. The van der Waals surface area contributed by atoms with Crippen molar-refractivity contribution in [2.24, 2.45) is 5.92 Å². The molecule has 0 spiro atoms. The number of pyridine rings is 1. The van der Waals surface area contributed by atoms with Crippen molar-refractivity contribution in [3.05, 3.63) is 36.3 Å². The van der Waals surface area contributed by atoms with Gasteiger partial charge in [0.2, 0.25) is 0 Å². The van der Waals surface area contributed by atoms with Crippen LogP contribution < -0.4 is 0 Å². The zero-order valence-corrected chi connectivity index (χ0v) is 13.0. The first-order valence-corrected chi connectivity index (χ1v) is 8.17. The molecule has 22 heavy (non-hydrogen) atoms. The van der Waals surface area contributed by atoms with Gasteiger partial charge in [0.05, 0.1) is 23.8 Å². The lowest BCUT2D eigenvalue weighted by Crippen LogP contribution is -2.13. The summed E-state index contributed by atoms with van der Waals surface area (Å²) in [4.78, 5) is 9.41. The summed E-state index contributed by atoms with van der Waals surface area (Å²) in [6, 6.07) is 8.35. The van der Waals surface area contributed by atoms with E-state index in [2.05, 4.69) is 34.7 Å².